The molecule has 1 aliphatic heterocycles. The molecule has 2 aromatic rings. The highest BCUT2D eigenvalue weighted by Gasteiger charge is 2.31. The Balaban J connectivity index is 2.01. The van der Waals surface area contributed by atoms with Crippen LogP contribution in [0.2, 0.25) is 0 Å². The Morgan fingerprint density at radius 3 is 2.75 bits per heavy atom. The first-order valence-corrected chi connectivity index (χ1v) is 6.70. The molecular formula is C17H17NO2. The number of ether oxygens (including phenoxy) is 1. The quantitative estimate of drug-likeness (QED) is 0.837. The van der Waals surface area contributed by atoms with Crippen LogP contribution in [0.3, 0.4) is 0 Å². The van der Waals surface area contributed by atoms with Crippen LogP contribution in [0.25, 0.3) is 0 Å². The molecular weight excluding hydrogens is 250 g/mol. The minimum Gasteiger partial charge on any atom is -0.497 e. The van der Waals surface area contributed by atoms with Crippen LogP contribution in [0.15, 0.2) is 48.5 Å². The highest BCUT2D eigenvalue weighted by Crippen LogP contribution is 2.35. The van der Waals surface area contributed by atoms with E-state index in [2.05, 4.69) is 6.07 Å². The highest BCUT2D eigenvalue weighted by molar-refractivity contribution is 6.00. The molecule has 0 fully saturated rings. The maximum absolute atomic E-state index is 12.6. The third kappa shape index (κ3) is 2.05. The van der Waals surface area contributed by atoms with Crippen LogP contribution in [0.5, 0.6) is 5.75 Å². The molecule has 0 aliphatic carbocycles. The molecule has 102 valence electrons. The van der Waals surface area contributed by atoms with Crippen LogP contribution < -0.4 is 9.64 Å². The molecule has 0 N–H and O–H groups in total. The second-order valence-corrected chi connectivity index (χ2v) is 5.06. The molecule has 20 heavy (non-hydrogen) atoms. The van der Waals surface area contributed by atoms with Gasteiger partial charge in [-0.2, -0.15) is 0 Å². The van der Waals surface area contributed by atoms with Gasteiger partial charge < -0.3 is 9.64 Å². The third-order valence-corrected chi connectivity index (χ3v) is 3.90. The summed E-state index contributed by atoms with van der Waals surface area (Å²) in [4.78, 5) is 14.3. The summed E-state index contributed by atoms with van der Waals surface area (Å²) in [5.74, 6) is 0.791. The second kappa shape index (κ2) is 5.00. The van der Waals surface area contributed by atoms with E-state index in [1.54, 1.807) is 12.0 Å². The molecule has 1 aliphatic rings. The number of fused-ring (bicyclic) bond motifs is 1. The number of rotatable bonds is 2. The van der Waals surface area contributed by atoms with E-state index in [9.17, 15) is 4.79 Å². The van der Waals surface area contributed by atoms with E-state index in [0.717, 1.165) is 23.4 Å². The zero-order chi connectivity index (χ0) is 14.1. The molecule has 0 bridgehead atoms. The van der Waals surface area contributed by atoms with Crippen LogP contribution in [-0.4, -0.2) is 20.1 Å². The number of hydrogen-bond donors (Lipinski definition) is 0. The average molecular weight is 267 g/mol. The van der Waals surface area contributed by atoms with Gasteiger partial charge in [-0.25, -0.2) is 0 Å². The molecule has 0 spiro atoms. The van der Waals surface area contributed by atoms with Gasteiger partial charge in [-0.3, -0.25) is 4.79 Å². The summed E-state index contributed by atoms with van der Waals surface area (Å²) < 4.78 is 5.25. The number of likely N-dealkylation sites (N-methyl/N-ethyl adjacent to an activating group) is 1. The summed E-state index contributed by atoms with van der Waals surface area (Å²) in [6.07, 6.45) is 0.743. The summed E-state index contributed by atoms with van der Waals surface area (Å²) in [5, 5.41) is 0. The molecule has 0 saturated heterocycles. The summed E-state index contributed by atoms with van der Waals surface area (Å²) in [6.45, 7) is 0. The standard InChI is InChI=1S/C17H17NO2/c1-18-16-9-4-3-6-13(16)11-15(17(18)19)12-7-5-8-14(10-12)20-2/h3-10,15H,11H2,1-2H3. The van der Waals surface area contributed by atoms with Crippen LogP contribution in [-0.2, 0) is 11.2 Å². The van der Waals surface area contributed by atoms with Crippen molar-refractivity contribution in [2.24, 2.45) is 0 Å². The van der Waals surface area contributed by atoms with Gasteiger partial charge in [0, 0.05) is 12.7 Å². The monoisotopic (exact) mass is 267 g/mol. The number of methoxy groups -OCH3 is 1. The largest absolute Gasteiger partial charge is 0.497 e. The number of amides is 1. The maximum atomic E-state index is 12.6. The van der Waals surface area contributed by atoms with Crippen LogP contribution >= 0.6 is 0 Å². The van der Waals surface area contributed by atoms with Crippen molar-refractivity contribution in [3.8, 4) is 5.75 Å². The molecule has 1 atom stereocenters. The highest BCUT2D eigenvalue weighted by atomic mass is 16.5. The van der Waals surface area contributed by atoms with Crippen molar-refractivity contribution in [3.63, 3.8) is 0 Å². The van der Waals surface area contributed by atoms with E-state index >= 15 is 0 Å². The Hall–Kier alpha value is -2.29. The summed E-state index contributed by atoms with van der Waals surface area (Å²) in [5.41, 5.74) is 3.23. The van der Waals surface area contributed by atoms with Gasteiger partial charge in [-0.15, -0.1) is 0 Å². The Bertz CT molecular complexity index is 651. The van der Waals surface area contributed by atoms with Gasteiger partial charge in [0.25, 0.3) is 0 Å². The van der Waals surface area contributed by atoms with Gasteiger partial charge in [0.2, 0.25) is 5.91 Å². The molecule has 3 rings (SSSR count). The van der Waals surface area contributed by atoms with Gasteiger partial charge >= 0.3 is 0 Å². The first kappa shape index (κ1) is 12.7. The van der Waals surface area contributed by atoms with Crippen LogP contribution in [0, 0.1) is 0 Å². The lowest BCUT2D eigenvalue weighted by Gasteiger charge is -2.31. The molecule has 2 aromatic carbocycles. The predicted octanol–water partition coefficient (Wildman–Crippen LogP) is 3.00. The molecule has 1 heterocycles. The van der Waals surface area contributed by atoms with Gasteiger partial charge in [0.05, 0.1) is 13.0 Å². The molecule has 1 unspecified atom stereocenters. The van der Waals surface area contributed by atoms with E-state index in [0.29, 0.717) is 0 Å². The SMILES string of the molecule is COc1cccc(C2Cc3ccccc3N(C)C2=O)c1. The summed E-state index contributed by atoms with van der Waals surface area (Å²) in [7, 11) is 3.48. The zero-order valence-corrected chi connectivity index (χ0v) is 11.7. The fourth-order valence-electron chi connectivity index (χ4n) is 2.79. The summed E-state index contributed by atoms with van der Waals surface area (Å²) >= 11 is 0. The molecule has 3 nitrogen and oxygen atoms in total. The lowest BCUT2D eigenvalue weighted by atomic mass is 9.86. The number of benzene rings is 2. The third-order valence-electron chi connectivity index (χ3n) is 3.90. The van der Waals surface area contributed by atoms with Crippen LogP contribution in [0.1, 0.15) is 17.0 Å². The topological polar surface area (TPSA) is 29.5 Å². The van der Waals surface area contributed by atoms with Gasteiger partial charge in [0.1, 0.15) is 5.75 Å². The van der Waals surface area contributed by atoms with Crippen molar-refractivity contribution in [2.45, 2.75) is 12.3 Å². The van der Waals surface area contributed by atoms with E-state index in [4.69, 9.17) is 4.74 Å². The van der Waals surface area contributed by atoms with Crippen molar-refractivity contribution in [1.82, 2.24) is 0 Å². The van der Waals surface area contributed by atoms with Crippen molar-refractivity contribution >= 4 is 11.6 Å². The first-order valence-electron chi connectivity index (χ1n) is 6.70. The molecule has 0 saturated carbocycles. The van der Waals surface area contributed by atoms with Gasteiger partial charge in [-0.05, 0) is 35.7 Å². The Morgan fingerprint density at radius 1 is 1.15 bits per heavy atom. The molecule has 0 aromatic heterocycles. The lowest BCUT2D eigenvalue weighted by molar-refractivity contribution is -0.120. The number of para-hydroxylation sites is 1. The number of carbonyl (C=O) groups is 1. The minimum atomic E-state index is -0.134. The number of nitrogens with zero attached hydrogens (tertiary/aromatic N) is 1. The first-order chi connectivity index (χ1) is 9.70. The molecule has 3 heteroatoms. The average Bonchev–Trinajstić information content (AvgIpc) is 2.51. The fourth-order valence-corrected chi connectivity index (χ4v) is 2.79. The number of anilines is 1. The van der Waals surface area contributed by atoms with Crippen molar-refractivity contribution in [3.05, 3.63) is 59.7 Å². The summed E-state index contributed by atoms with van der Waals surface area (Å²) in [6, 6.07) is 15.8. The fraction of sp³-hybridized carbons (Fsp3) is 0.235. The van der Waals surface area contributed by atoms with Crippen molar-refractivity contribution in [1.29, 1.82) is 0 Å². The maximum Gasteiger partial charge on any atom is 0.234 e. The van der Waals surface area contributed by atoms with Gasteiger partial charge in [-0.1, -0.05) is 30.3 Å². The normalized spacial score (nSPS) is 17.8. The van der Waals surface area contributed by atoms with E-state index in [-0.39, 0.29) is 11.8 Å². The lowest BCUT2D eigenvalue weighted by Crippen LogP contribution is -2.37. The van der Waals surface area contributed by atoms with Crippen molar-refractivity contribution < 1.29 is 9.53 Å². The van der Waals surface area contributed by atoms with Crippen LogP contribution in [0.4, 0.5) is 5.69 Å². The van der Waals surface area contributed by atoms with E-state index in [1.165, 1.54) is 5.56 Å². The Kier molecular flexibility index (Phi) is 3.18. The smallest absolute Gasteiger partial charge is 0.234 e. The molecule has 0 radical (unpaired) electrons. The van der Waals surface area contributed by atoms with Gasteiger partial charge in [0.15, 0.2) is 0 Å². The van der Waals surface area contributed by atoms with E-state index in [1.807, 2.05) is 49.5 Å². The number of hydrogen-bond acceptors (Lipinski definition) is 2. The predicted molar refractivity (Wildman–Crippen MR) is 79.3 cm³/mol. The molecule has 1 amide bonds. The minimum absolute atomic E-state index is 0.134. The second-order valence-electron chi connectivity index (χ2n) is 5.06. The Labute approximate surface area is 118 Å². The van der Waals surface area contributed by atoms with E-state index < -0.39 is 0 Å². The van der Waals surface area contributed by atoms with Crippen molar-refractivity contribution in [2.75, 3.05) is 19.1 Å². The Morgan fingerprint density at radius 2 is 1.95 bits per heavy atom. The zero-order valence-electron chi connectivity index (χ0n) is 11.7. The number of carbonyl (C=O) groups excluding carboxylic acids is 1.